The molecule has 1 amide bonds. The standard InChI is InChI=1S/C20H17ClN2OS2/c1-14-10-11-16(12-17(14)21)22-13-23-19(24)18(26-20(23)25)9-5-8-15-6-3-2-4-7-15/h2-12,22H,13H2,1H3/b8-5+,18-9+. The summed E-state index contributed by atoms with van der Waals surface area (Å²) in [4.78, 5) is 14.7. The number of rotatable bonds is 5. The Bertz CT molecular complexity index is 894. The van der Waals surface area contributed by atoms with E-state index in [1.54, 1.807) is 11.0 Å². The highest BCUT2D eigenvalue weighted by atomic mass is 35.5. The van der Waals surface area contributed by atoms with E-state index >= 15 is 0 Å². The minimum Gasteiger partial charge on any atom is -0.367 e. The van der Waals surface area contributed by atoms with E-state index in [1.165, 1.54) is 11.8 Å². The molecule has 0 bridgehead atoms. The van der Waals surface area contributed by atoms with Crippen molar-refractivity contribution in [1.29, 1.82) is 0 Å². The summed E-state index contributed by atoms with van der Waals surface area (Å²) in [6, 6.07) is 15.6. The molecule has 1 fully saturated rings. The maximum atomic E-state index is 12.5. The average Bonchev–Trinajstić information content (AvgIpc) is 2.90. The van der Waals surface area contributed by atoms with Gasteiger partial charge in [0.15, 0.2) is 0 Å². The topological polar surface area (TPSA) is 32.3 Å². The summed E-state index contributed by atoms with van der Waals surface area (Å²) in [6.45, 7) is 2.26. The number of hydrogen-bond donors (Lipinski definition) is 1. The van der Waals surface area contributed by atoms with Crippen molar-refractivity contribution in [3.8, 4) is 0 Å². The van der Waals surface area contributed by atoms with Crippen molar-refractivity contribution in [2.45, 2.75) is 6.92 Å². The van der Waals surface area contributed by atoms with Crippen molar-refractivity contribution < 1.29 is 4.79 Å². The molecule has 0 saturated carbocycles. The highest BCUT2D eigenvalue weighted by Gasteiger charge is 2.31. The normalized spacial score (nSPS) is 16.1. The van der Waals surface area contributed by atoms with Gasteiger partial charge in [-0.3, -0.25) is 9.69 Å². The molecule has 1 aliphatic rings. The number of hydrogen-bond acceptors (Lipinski definition) is 4. The lowest BCUT2D eigenvalue weighted by Crippen LogP contribution is -2.33. The number of benzene rings is 2. The second-order valence-corrected chi connectivity index (χ2v) is 7.78. The number of amides is 1. The third-order valence-electron chi connectivity index (χ3n) is 3.82. The molecule has 3 rings (SSSR count). The van der Waals surface area contributed by atoms with E-state index in [1.807, 2.05) is 67.6 Å². The first-order valence-corrected chi connectivity index (χ1v) is 9.62. The second kappa shape index (κ2) is 8.54. The lowest BCUT2D eigenvalue weighted by molar-refractivity contribution is -0.121. The van der Waals surface area contributed by atoms with Crippen LogP contribution < -0.4 is 5.32 Å². The van der Waals surface area contributed by atoms with Crippen LogP contribution in [-0.4, -0.2) is 21.8 Å². The molecule has 3 nitrogen and oxygen atoms in total. The van der Waals surface area contributed by atoms with Crippen molar-refractivity contribution in [3.05, 3.63) is 81.7 Å². The van der Waals surface area contributed by atoms with Gasteiger partial charge in [-0.2, -0.15) is 0 Å². The maximum absolute atomic E-state index is 12.5. The van der Waals surface area contributed by atoms with Gasteiger partial charge in [0.2, 0.25) is 0 Å². The van der Waals surface area contributed by atoms with Gasteiger partial charge in [0, 0.05) is 10.7 Å². The lowest BCUT2D eigenvalue weighted by atomic mass is 10.2. The number of nitrogens with one attached hydrogen (secondary N) is 1. The molecule has 1 aliphatic heterocycles. The van der Waals surface area contributed by atoms with Gasteiger partial charge >= 0.3 is 0 Å². The van der Waals surface area contributed by atoms with Gasteiger partial charge in [-0.15, -0.1) is 0 Å². The smallest absolute Gasteiger partial charge is 0.267 e. The van der Waals surface area contributed by atoms with E-state index in [0.717, 1.165) is 16.8 Å². The Morgan fingerprint density at radius 1 is 1.23 bits per heavy atom. The van der Waals surface area contributed by atoms with Crippen LogP contribution in [-0.2, 0) is 4.79 Å². The predicted molar refractivity (Wildman–Crippen MR) is 115 cm³/mol. The zero-order chi connectivity index (χ0) is 18.5. The summed E-state index contributed by atoms with van der Waals surface area (Å²) in [5.41, 5.74) is 2.94. The third kappa shape index (κ3) is 4.55. The van der Waals surface area contributed by atoms with Crippen LogP contribution in [0.25, 0.3) is 6.08 Å². The number of thiocarbonyl (C=S) groups is 1. The number of thioether (sulfide) groups is 1. The van der Waals surface area contributed by atoms with Crippen molar-refractivity contribution >= 4 is 57.6 Å². The van der Waals surface area contributed by atoms with Gasteiger partial charge in [-0.1, -0.05) is 84.1 Å². The van der Waals surface area contributed by atoms with Crippen molar-refractivity contribution in [3.63, 3.8) is 0 Å². The number of carbonyl (C=O) groups is 1. The maximum Gasteiger partial charge on any atom is 0.267 e. The molecule has 0 spiro atoms. The van der Waals surface area contributed by atoms with Crippen LogP contribution in [0.3, 0.4) is 0 Å². The largest absolute Gasteiger partial charge is 0.367 e. The molecule has 0 unspecified atom stereocenters. The molecule has 0 aliphatic carbocycles. The Morgan fingerprint density at radius 2 is 2.00 bits per heavy atom. The van der Waals surface area contributed by atoms with E-state index in [0.29, 0.717) is 20.9 Å². The Kier molecular flexibility index (Phi) is 6.14. The summed E-state index contributed by atoms with van der Waals surface area (Å²) >= 11 is 12.8. The van der Waals surface area contributed by atoms with E-state index < -0.39 is 0 Å². The molecule has 132 valence electrons. The van der Waals surface area contributed by atoms with Crippen LogP contribution in [0.1, 0.15) is 11.1 Å². The molecule has 26 heavy (non-hydrogen) atoms. The SMILES string of the molecule is Cc1ccc(NCN2C(=O)/C(=C\C=C\c3ccccc3)SC2=S)cc1Cl. The van der Waals surface area contributed by atoms with Gasteiger partial charge in [0.05, 0.1) is 11.6 Å². The minimum absolute atomic E-state index is 0.0941. The number of halogens is 1. The quantitative estimate of drug-likeness (QED) is 0.532. The lowest BCUT2D eigenvalue weighted by Gasteiger charge is -2.16. The van der Waals surface area contributed by atoms with Gasteiger partial charge in [0.1, 0.15) is 4.32 Å². The molecule has 6 heteroatoms. The van der Waals surface area contributed by atoms with E-state index in [2.05, 4.69) is 5.32 Å². The highest BCUT2D eigenvalue weighted by Crippen LogP contribution is 2.31. The number of allylic oxidation sites excluding steroid dienone is 2. The monoisotopic (exact) mass is 400 g/mol. The van der Waals surface area contributed by atoms with Crippen molar-refractivity contribution in [2.24, 2.45) is 0 Å². The Hall–Kier alpha value is -2.08. The molecule has 1 N–H and O–H groups in total. The summed E-state index contributed by atoms with van der Waals surface area (Å²) in [5, 5.41) is 3.88. The van der Waals surface area contributed by atoms with Crippen LogP contribution in [0, 0.1) is 6.92 Å². The summed E-state index contributed by atoms with van der Waals surface area (Å²) < 4.78 is 0.542. The summed E-state index contributed by atoms with van der Waals surface area (Å²) in [6.07, 6.45) is 5.63. The fourth-order valence-electron chi connectivity index (χ4n) is 2.33. The first kappa shape index (κ1) is 18.7. The van der Waals surface area contributed by atoms with E-state index in [4.69, 9.17) is 23.8 Å². The summed E-state index contributed by atoms with van der Waals surface area (Å²) in [7, 11) is 0. The van der Waals surface area contributed by atoms with Gasteiger partial charge < -0.3 is 5.32 Å². The molecule has 0 atom stereocenters. The first-order valence-electron chi connectivity index (χ1n) is 8.02. The molecule has 0 radical (unpaired) electrons. The average molecular weight is 401 g/mol. The fraction of sp³-hybridized carbons (Fsp3) is 0.100. The predicted octanol–water partition coefficient (Wildman–Crippen LogP) is 5.48. The zero-order valence-electron chi connectivity index (χ0n) is 14.1. The highest BCUT2D eigenvalue weighted by molar-refractivity contribution is 8.26. The molecule has 2 aromatic rings. The first-order chi connectivity index (χ1) is 12.5. The Balaban J connectivity index is 1.64. The number of nitrogens with zero attached hydrogens (tertiary/aromatic N) is 1. The van der Waals surface area contributed by atoms with Crippen LogP contribution in [0.4, 0.5) is 5.69 Å². The Labute approximate surface area is 167 Å². The molecule has 1 saturated heterocycles. The molecule has 0 aromatic heterocycles. The third-order valence-corrected chi connectivity index (χ3v) is 5.63. The summed E-state index contributed by atoms with van der Waals surface area (Å²) in [5.74, 6) is -0.0941. The van der Waals surface area contributed by atoms with E-state index in [9.17, 15) is 4.79 Å². The molecule has 2 aromatic carbocycles. The number of carbonyl (C=O) groups excluding carboxylic acids is 1. The molecular formula is C20H17ClN2OS2. The fourth-order valence-corrected chi connectivity index (χ4v) is 3.72. The zero-order valence-corrected chi connectivity index (χ0v) is 16.5. The van der Waals surface area contributed by atoms with Crippen molar-refractivity contribution in [1.82, 2.24) is 4.90 Å². The van der Waals surface area contributed by atoms with Gasteiger partial charge in [0.25, 0.3) is 5.91 Å². The van der Waals surface area contributed by atoms with Gasteiger partial charge in [-0.05, 0) is 36.3 Å². The van der Waals surface area contributed by atoms with E-state index in [-0.39, 0.29) is 5.91 Å². The number of anilines is 1. The van der Waals surface area contributed by atoms with Crippen molar-refractivity contribution in [2.75, 3.05) is 12.0 Å². The van der Waals surface area contributed by atoms with Gasteiger partial charge in [-0.25, -0.2) is 0 Å². The Morgan fingerprint density at radius 3 is 2.73 bits per heavy atom. The minimum atomic E-state index is -0.0941. The molecule has 1 heterocycles. The van der Waals surface area contributed by atoms with Crippen LogP contribution >= 0.6 is 35.6 Å². The van der Waals surface area contributed by atoms with Crippen LogP contribution in [0.5, 0.6) is 0 Å². The van der Waals surface area contributed by atoms with Crippen LogP contribution in [0.2, 0.25) is 5.02 Å². The number of aryl methyl sites for hydroxylation is 1. The second-order valence-electron chi connectivity index (χ2n) is 5.70. The molecular weight excluding hydrogens is 384 g/mol. The van der Waals surface area contributed by atoms with Crippen LogP contribution in [0.15, 0.2) is 65.6 Å².